The molecule has 0 saturated heterocycles. The van der Waals surface area contributed by atoms with Crippen LogP contribution in [-0.4, -0.2) is 61.6 Å². The molecule has 0 spiro atoms. The zero-order valence-corrected chi connectivity index (χ0v) is 27.0. The second-order valence-electron chi connectivity index (χ2n) is 10.9. The van der Waals surface area contributed by atoms with Crippen molar-refractivity contribution in [3.8, 4) is 40.2 Å². The zero-order chi connectivity index (χ0) is 33.2. The maximum absolute atomic E-state index is 16.8. The monoisotopic (exact) mass is 638 g/mol. The SMILES string of the molecule is CCn1nc(C)cc1-c1nnc(-c2c(F)c(C(=O)NCc3ccc(OC)cc3OC)cc3c2cnn3C)n1Cc1ccc(OC)cc1. The van der Waals surface area contributed by atoms with E-state index in [2.05, 4.69) is 25.7 Å². The van der Waals surface area contributed by atoms with Crippen LogP contribution in [0, 0.1) is 12.7 Å². The van der Waals surface area contributed by atoms with Crippen molar-refractivity contribution < 1.29 is 23.4 Å². The normalized spacial score (nSPS) is 11.2. The predicted molar refractivity (Wildman–Crippen MR) is 174 cm³/mol. The summed E-state index contributed by atoms with van der Waals surface area (Å²) < 4.78 is 38.2. The van der Waals surface area contributed by atoms with Gasteiger partial charge in [-0.3, -0.25) is 14.2 Å². The molecule has 0 atom stereocenters. The highest BCUT2D eigenvalue weighted by Gasteiger charge is 2.28. The first kappa shape index (κ1) is 31.3. The van der Waals surface area contributed by atoms with Gasteiger partial charge in [0.05, 0.1) is 56.4 Å². The molecule has 0 bridgehead atoms. The van der Waals surface area contributed by atoms with E-state index in [-0.39, 0.29) is 23.5 Å². The van der Waals surface area contributed by atoms with Crippen molar-refractivity contribution in [2.75, 3.05) is 21.3 Å². The highest BCUT2D eigenvalue weighted by molar-refractivity contribution is 6.03. The van der Waals surface area contributed by atoms with Gasteiger partial charge in [0.1, 0.15) is 28.8 Å². The van der Waals surface area contributed by atoms with Gasteiger partial charge < -0.3 is 24.1 Å². The largest absolute Gasteiger partial charge is 0.497 e. The molecule has 0 fully saturated rings. The zero-order valence-electron chi connectivity index (χ0n) is 27.0. The van der Waals surface area contributed by atoms with Crippen LogP contribution in [0.2, 0.25) is 0 Å². The van der Waals surface area contributed by atoms with E-state index < -0.39 is 11.7 Å². The minimum Gasteiger partial charge on any atom is -0.497 e. The van der Waals surface area contributed by atoms with Gasteiger partial charge in [0.15, 0.2) is 11.6 Å². The lowest BCUT2D eigenvalue weighted by Crippen LogP contribution is -2.24. The molecular formula is C34H35FN8O4. The molecule has 0 saturated carbocycles. The third-order valence-electron chi connectivity index (χ3n) is 8.07. The molecule has 0 aliphatic rings. The summed E-state index contributed by atoms with van der Waals surface area (Å²) in [6, 6.07) is 16.3. The number of halogens is 1. The molecule has 0 aliphatic carbocycles. The predicted octanol–water partition coefficient (Wildman–Crippen LogP) is 5.17. The van der Waals surface area contributed by atoms with Crippen molar-refractivity contribution >= 4 is 16.8 Å². The number of nitrogens with zero attached hydrogens (tertiary/aromatic N) is 7. The maximum Gasteiger partial charge on any atom is 0.254 e. The van der Waals surface area contributed by atoms with Gasteiger partial charge in [0.2, 0.25) is 0 Å². The van der Waals surface area contributed by atoms with Crippen LogP contribution in [0.25, 0.3) is 33.8 Å². The molecule has 1 N–H and O–H groups in total. The molecule has 0 unspecified atom stereocenters. The Labute approximate surface area is 270 Å². The van der Waals surface area contributed by atoms with Crippen LogP contribution in [-0.2, 0) is 26.7 Å². The fourth-order valence-electron chi connectivity index (χ4n) is 5.62. The van der Waals surface area contributed by atoms with Crippen LogP contribution in [0.1, 0.15) is 34.1 Å². The molecule has 3 aromatic heterocycles. The summed E-state index contributed by atoms with van der Waals surface area (Å²) in [4.78, 5) is 13.7. The fourth-order valence-corrected chi connectivity index (χ4v) is 5.62. The molecule has 47 heavy (non-hydrogen) atoms. The molecule has 242 valence electrons. The highest BCUT2D eigenvalue weighted by Crippen LogP contribution is 2.35. The van der Waals surface area contributed by atoms with E-state index in [9.17, 15) is 4.79 Å². The Bertz CT molecular complexity index is 2080. The quantitative estimate of drug-likeness (QED) is 0.206. The molecule has 3 aromatic carbocycles. The molecule has 12 nitrogen and oxygen atoms in total. The minimum atomic E-state index is -0.736. The number of rotatable bonds is 11. The van der Waals surface area contributed by atoms with Crippen molar-refractivity contribution in [1.82, 2.24) is 39.6 Å². The first-order chi connectivity index (χ1) is 22.8. The fraction of sp³-hybridized carbons (Fsp3) is 0.265. The first-order valence-electron chi connectivity index (χ1n) is 15.0. The minimum absolute atomic E-state index is 0.0996. The number of hydrogen-bond acceptors (Lipinski definition) is 8. The van der Waals surface area contributed by atoms with Crippen molar-refractivity contribution in [1.29, 1.82) is 0 Å². The van der Waals surface area contributed by atoms with E-state index in [0.29, 0.717) is 52.6 Å². The lowest BCUT2D eigenvalue weighted by atomic mass is 10.0. The molecule has 0 radical (unpaired) electrons. The van der Waals surface area contributed by atoms with Crippen LogP contribution >= 0.6 is 0 Å². The highest BCUT2D eigenvalue weighted by atomic mass is 19.1. The Balaban J connectivity index is 1.47. The second kappa shape index (κ2) is 12.9. The van der Waals surface area contributed by atoms with Crippen molar-refractivity contribution in [3.05, 3.63) is 89.0 Å². The average molecular weight is 639 g/mol. The van der Waals surface area contributed by atoms with Gasteiger partial charge in [0.25, 0.3) is 5.91 Å². The second-order valence-corrected chi connectivity index (χ2v) is 10.9. The Kier molecular flexibility index (Phi) is 8.61. The topological polar surface area (TPSA) is 123 Å². The van der Waals surface area contributed by atoms with Crippen LogP contribution in [0.4, 0.5) is 4.39 Å². The van der Waals surface area contributed by atoms with Crippen molar-refractivity contribution in [3.63, 3.8) is 0 Å². The maximum atomic E-state index is 16.8. The molecular weight excluding hydrogens is 603 g/mol. The lowest BCUT2D eigenvalue weighted by molar-refractivity contribution is 0.0947. The molecule has 6 rings (SSSR count). The van der Waals surface area contributed by atoms with E-state index in [1.165, 1.54) is 13.2 Å². The number of benzene rings is 3. The van der Waals surface area contributed by atoms with E-state index in [1.807, 2.05) is 53.4 Å². The van der Waals surface area contributed by atoms with Gasteiger partial charge in [-0.1, -0.05) is 12.1 Å². The van der Waals surface area contributed by atoms with E-state index in [4.69, 9.17) is 14.2 Å². The number of nitrogens with one attached hydrogen (secondary N) is 1. The number of fused-ring (bicyclic) bond motifs is 1. The van der Waals surface area contributed by atoms with Crippen LogP contribution < -0.4 is 19.5 Å². The van der Waals surface area contributed by atoms with Gasteiger partial charge in [-0.15, -0.1) is 10.2 Å². The number of carbonyl (C=O) groups is 1. The summed E-state index contributed by atoms with van der Waals surface area (Å²) in [6.07, 6.45) is 1.57. The number of aromatic nitrogens is 7. The molecule has 0 aliphatic heterocycles. The number of methoxy groups -OCH3 is 3. The van der Waals surface area contributed by atoms with Gasteiger partial charge >= 0.3 is 0 Å². The summed E-state index contributed by atoms with van der Waals surface area (Å²) in [5, 5.41) is 21.4. The van der Waals surface area contributed by atoms with Crippen LogP contribution in [0.5, 0.6) is 17.2 Å². The summed E-state index contributed by atoms with van der Waals surface area (Å²) in [6.45, 7) is 4.91. The van der Waals surface area contributed by atoms with Gasteiger partial charge in [-0.05, 0) is 55.8 Å². The average Bonchev–Trinajstić information content (AvgIpc) is 3.79. The van der Waals surface area contributed by atoms with Crippen molar-refractivity contribution in [2.24, 2.45) is 7.05 Å². The standard InChI is InChI=1S/C34H35FN8O4/c1-7-43-28(14-20(2)40-43)32-38-39-33(42(32)19-21-8-11-23(45-4)12-9-21)30-26-18-37-41(3)27(26)16-25(31(30)35)34(44)36-17-22-10-13-24(46-5)15-29(22)47-6/h8-16,18H,7,17,19H2,1-6H3,(H,36,44). The van der Waals surface area contributed by atoms with E-state index in [1.54, 1.807) is 50.3 Å². The molecule has 3 heterocycles. The molecule has 6 aromatic rings. The smallest absolute Gasteiger partial charge is 0.254 e. The van der Waals surface area contributed by atoms with E-state index in [0.717, 1.165) is 17.0 Å². The van der Waals surface area contributed by atoms with Crippen LogP contribution in [0.15, 0.2) is 60.8 Å². The first-order valence-corrected chi connectivity index (χ1v) is 15.0. The number of carbonyl (C=O) groups excluding carboxylic acids is 1. The van der Waals surface area contributed by atoms with Gasteiger partial charge in [-0.25, -0.2) is 4.39 Å². The lowest BCUT2D eigenvalue weighted by Gasteiger charge is -2.15. The summed E-state index contributed by atoms with van der Waals surface area (Å²) >= 11 is 0. The van der Waals surface area contributed by atoms with Gasteiger partial charge in [-0.2, -0.15) is 10.2 Å². The van der Waals surface area contributed by atoms with Crippen molar-refractivity contribution in [2.45, 2.75) is 33.5 Å². The Morgan fingerprint density at radius 3 is 2.36 bits per heavy atom. The van der Waals surface area contributed by atoms with Crippen LogP contribution in [0.3, 0.4) is 0 Å². The summed E-state index contributed by atoms with van der Waals surface area (Å²) in [7, 11) is 6.45. The van der Waals surface area contributed by atoms with Gasteiger partial charge in [0, 0.05) is 37.2 Å². The Hall–Kier alpha value is -5.72. The summed E-state index contributed by atoms with van der Waals surface area (Å²) in [5.41, 5.74) is 3.70. The third-order valence-corrected chi connectivity index (χ3v) is 8.07. The number of hydrogen-bond donors (Lipinski definition) is 1. The molecule has 1 amide bonds. The van der Waals surface area contributed by atoms with E-state index >= 15 is 4.39 Å². The summed E-state index contributed by atoms with van der Waals surface area (Å²) in [5.74, 6) is 1.28. The number of ether oxygens (including phenoxy) is 3. The molecule has 13 heteroatoms. The Morgan fingerprint density at radius 2 is 1.66 bits per heavy atom. The number of amides is 1. The number of aryl methyl sites for hydroxylation is 3. The third kappa shape index (κ3) is 5.87. The Morgan fingerprint density at radius 1 is 0.936 bits per heavy atom.